The number of rotatable bonds is 5. The summed E-state index contributed by atoms with van der Waals surface area (Å²) in [6.07, 6.45) is 7.72. The van der Waals surface area contributed by atoms with Crippen molar-refractivity contribution in [2.75, 3.05) is 6.54 Å². The molecule has 106 valence electrons. The predicted octanol–water partition coefficient (Wildman–Crippen LogP) is 3.19. The quantitative estimate of drug-likeness (QED) is 0.903. The number of hydrogen-bond acceptors (Lipinski definition) is 2. The van der Waals surface area contributed by atoms with Crippen molar-refractivity contribution >= 4 is 0 Å². The van der Waals surface area contributed by atoms with E-state index < -0.39 is 0 Å². The highest BCUT2D eigenvalue weighted by Gasteiger charge is 2.47. The molecule has 0 radical (unpaired) electrons. The van der Waals surface area contributed by atoms with Gasteiger partial charge in [-0.2, -0.15) is 0 Å². The van der Waals surface area contributed by atoms with Crippen LogP contribution in [0.5, 0.6) is 0 Å². The van der Waals surface area contributed by atoms with Gasteiger partial charge in [0.1, 0.15) is 5.82 Å². The number of hydrogen-bond donors (Lipinski definition) is 1. The van der Waals surface area contributed by atoms with Gasteiger partial charge in [-0.1, -0.05) is 43.7 Å². The molecule has 20 heavy (non-hydrogen) atoms. The SMILES string of the molecule is CCNC(c1nccn1C)C1(c2ccccc2)CCC1. The predicted molar refractivity (Wildman–Crippen MR) is 81.6 cm³/mol. The summed E-state index contributed by atoms with van der Waals surface area (Å²) in [5.41, 5.74) is 1.65. The molecule has 1 aliphatic carbocycles. The molecular formula is C17H23N3. The molecule has 1 aromatic heterocycles. The van der Waals surface area contributed by atoms with E-state index in [1.165, 1.54) is 24.8 Å². The van der Waals surface area contributed by atoms with Crippen molar-refractivity contribution < 1.29 is 0 Å². The van der Waals surface area contributed by atoms with Crippen LogP contribution in [-0.4, -0.2) is 16.1 Å². The summed E-state index contributed by atoms with van der Waals surface area (Å²) in [6.45, 7) is 3.14. The minimum Gasteiger partial charge on any atom is -0.337 e. The van der Waals surface area contributed by atoms with E-state index in [1.807, 2.05) is 12.4 Å². The Hall–Kier alpha value is -1.61. The van der Waals surface area contributed by atoms with Gasteiger partial charge < -0.3 is 9.88 Å². The molecule has 1 N–H and O–H groups in total. The van der Waals surface area contributed by atoms with Crippen LogP contribution in [0, 0.1) is 0 Å². The molecule has 0 saturated heterocycles. The molecule has 2 aromatic rings. The number of aromatic nitrogens is 2. The number of aryl methyl sites for hydroxylation is 1. The van der Waals surface area contributed by atoms with Crippen LogP contribution in [0.2, 0.25) is 0 Å². The molecule has 1 unspecified atom stereocenters. The van der Waals surface area contributed by atoms with E-state index in [2.05, 4.69) is 59.2 Å². The van der Waals surface area contributed by atoms with Gasteiger partial charge in [0.15, 0.2) is 0 Å². The Morgan fingerprint density at radius 3 is 2.55 bits per heavy atom. The third-order valence-corrected chi connectivity index (χ3v) is 4.67. The molecule has 1 saturated carbocycles. The molecule has 3 nitrogen and oxygen atoms in total. The molecular weight excluding hydrogens is 246 g/mol. The summed E-state index contributed by atoms with van der Waals surface area (Å²) in [5.74, 6) is 1.15. The average Bonchev–Trinajstić information content (AvgIpc) is 2.84. The van der Waals surface area contributed by atoms with Crippen LogP contribution in [0.1, 0.15) is 43.6 Å². The Labute approximate surface area is 121 Å². The van der Waals surface area contributed by atoms with Crippen LogP contribution in [0.3, 0.4) is 0 Å². The third kappa shape index (κ3) is 2.06. The van der Waals surface area contributed by atoms with Gasteiger partial charge in [0, 0.05) is 24.9 Å². The van der Waals surface area contributed by atoms with E-state index in [9.17, 15) is 0 Å². The molecule has 1 fully saturated rings. The number of benzene rings is 1. The first-order chi connectivity index (χ1) is 9.78. The molecule has 1 heterocycles. The summed E-state index contributed by atoms with van der Waals surface area (Å²) < 4.78 is 2.15. The first-order valence-electron chi connectivity index (χ1n) is 7.54. The number of nitrogens with zero attached hydrogens (tertiary/aromatic N) is 2. The van der Waals surface area contributed by atoms with E-state index >= 15 is 0 Å². The van der Waals surface area contributed by atoms with Crippen LogP contribution in [-0.2, 0) is 12.5 Å². The van der Waals surface area contributed by atoms with E-state index in [-0.39, 0.29) is 5.41 Å². The molecule has 3 rings (SSSR count). The maximum absolute atomic E-state index is 4.61. The Morgan fingerprint density at radius 1 is 1.30 bits per heavy atom. The molecule has 1 aromatic carbocycles. The Kier molecular flexibility index (Phi) is 3.62. The first-order valence-corrected chi connectivity index (χ1v) is 7.54. The van der Waals surface area contributed by atoms with Crippen LogP contribution in [0.25, 0.3) is 0 Å². The topological polar surface area (TPSA) is 29.9 Å². The second-order valence-electron chi connectivity index (χ2n) is 5.76. The molecule has 1 aliphatic rings. The largest absolute Gasteiger partial charge is 0.337 e. The van der Waals surface area contributed by atoms with Crippen molar-refractivity contribution in [1.29, 1.82) is 0 Å². The van der Waals surface area contributed by atoms with E-state index in [0.717, 1.165) is 12.4 Å². The molecule has 0 aliphatic heterocycles. The van der Waals surface area contributed by atoms with Crippen molar-refractivity contribution in [3.05, 3.63) is 54.1 Å². The maximum atomic E-state index is 4.61. The second-order valence-corrected chi connectivity index (χ2v) is 5.76. The smallest absolute Gasteiger partial charge is 0.126 e. The fourth-order valence-electron chi connectivity index (χ4n) is 3.46. The highest BCUT2D eigenvalue weighted by Crippen LogP contribution is 2.51. The summed E-state index contributed by atoms with van der Waals surface area (Å²) in [5, 5.41) is 3.68. The lowest BCUT2D eigenvalue weighted by atomic mass is 9.60. The Balaban J connectivity index is 2.03. The van der Waals surface area contributed by atoms with E-state index in [4.69, 9.17) is 0 Å². The van der Waals surface area contributed by atoms with Gasteiger partial charge in [0.25, 0.3) is 0 Å². The van der Waals surface area contributed by atoms with E-state index in [0.29, 0.717) is 6.04 Å². The Morgan fingerprint density at radius 2 is 2.05 bits per heavy atom. The van der Waals surface area contributed by atoms with Gasteiger partial charge in [-0.15, -0.1) is 0 Å². The van der Waals surface area contributed by atoms with E-state index in [1.54, 1.807) is 0 Å². The van der Waals surface area contributed by atoms with Crippen molar-refractivity contribution in [2.24, 2.45) is 7.05 Å². The zero-order valence-corrected chi connectivity index (χ0v) is 12.3. The lowest BCUT2D eigenvalue weighted by Crippen LogP contribution is -2.47. The van der Waals surface area contributed by atoms with Crippen molar-refractivity contribution in [3.63, 3.8) is 0 Å². The monoisotopic (exact) mass is 269 g/mol. The fraction of sp³-hybridized carbons (Fsp3) is 0.471. The van der Waals surface area contributed by atoms with Gasteiger partial charge in [-0.3, -0.25) is 0 Å². The number of imidazole rings is 1. The van der Waals surface area contributed by atoms with Gasteiger partial charge in [0.05, 0.1) is 6.04 Å². The zero-order valence-electron chi connectivity index (χ0n) is 12.3. The second kappa shape index (κ2) is 5.41. The molecule has 3 heteroatoms. The standard InChI is InChI=1S/C17H23N3/c1-3-18-15(16-19-12-13-20(16)2)17(10-7-11-17)14-8-5-4-6-9-14/h4-6,8-9,12-13,15,18H,3,7,10-11H2,1-2H3. The number of nitrogens with one attached hydrogen (secondary N) is 1. The first kappa shape index (κ1) is 13.4. The highest BCUT2D eigenvalue weighted by atomic mass is 15.1. The van der Waals surface area contributed by atoms with Crippen LogP contribution in [0.15, 0.2) is 42.7 Å². The van der Waals surface area contributed by atoms with Crippen molar-refractivity contribution in [3.8, 4) is 0 Å². The lowest BCUT2D eigenvalue weighted by Gasteiger charge is -2.48. The number of likely N-dealkylation sites (N-methyl/N-ethyl adjacent to an activating group) is 1. The summed E-state index contributed by atoms with van der Waals surface area (Å²) in [4.78, 5) is 4.61. The van der Waals surface area contributed by atoms with Crippen LogP contribution in [0.4, 0.5) is 0 Å². The highest BCUT2D eigenvalue weighted by molar-refractivity contribution is 5.32. The van der Waals surface area contributed by atoms with Crippen LogP contribution < -0.4 is 5.32 Å². The van der Waals surface area contributed by atoms with Crippen LogP contribution >= 0.6 is 0 Å². The van der Waals surface area contributed by atoms with Gasteiger partial charge in [-0.25, -0.2) is 4.98 Å². The van der Waals surface area contributed by atoms with Gasteiger partial charge >= 0.3 is 0 Å². The molecule has 0 bridgehead atoms. The van der Waals surface area contributed by atoms with Crippen molar-refractivity contribution in [2.45, 2.75) is 37.6 Å². The minimum absolute atomic E-state index is 0.205. The summed E-state index contributed by atoms with van der Waals surface area (Å²) >= 11 is 0. The summed E-state index contributed by atoms with van der Waals surface area (Å²) in [7, 11) is 2.09. The zero-order chi connectivity index (χ0) is 14.0. The molecule has 0 amide bonds. The lowest BCUT2D eigenvalue weighted by molar-refractivity contribution is 0.163. The average molecular weight is 269 g/mol. The normalized spacial score (nSPS) is 18.5. The van der Waals surface area contributed by atoms with Crippen molar-refractivity contribution in [1.82, 2.24) is 14.9 Å². The maximum Gasteiger partial charge on any atom is 0.126 e. The van der Waals surface area contributed by atoms with Gasteiger partial charge in [0.2, 0.25) is 0 Å². The summed E-state index contributed by atoms with van der Waals surface area (Å²) in [6, 6.07) is 11.2. The molecule has 1 atom stereocenters. The Bertz CT molecular complexity index is 555. The minimum atomic E-state index is 0.205. The third-order valence-electron chi connectivity index (χ3n) is 4.67. The molecule has 0 spiro atoms. The fourth-order valence-corrected chi connectivity index (χ4v) is 3.46. The van der Waals surface area contributed by atoms with Gasteiger partial charge in [-0.05, 0) is 24.9 Å².